The number of nitro groups is 1. The van der Waals surface area contributed by atoms with Gasteiger partial charge in [-0.1, -0.05) is 48.5 Å². The van der Waals surface area contributed by atoms with Crippen molar-refractivity contribution in [1.82, 2.24) is 15.5 Å². The van der Waals surface area contributed by atoms with Crippen LogP contribution in [0.3, 0.4) is 0 Å². The molecule has 1 aliphatic rings. The number of guanidine groups is 1. The van der Waals surface area contributed by atoms with Crippen LogP contribution in [0, 0.1) is 10.1 Å². The molecule has 1 heterocycles. The van der Waals surface area contributed by atoms with Gasteiger partial charge >= 0.3 is 0 Å². The normalized spacial score (nSPS) is 15.1. The van der Waals surface area contributed by atoms with E-state index in [1.807, 2.05) is 30.3 Å². The predicted octanol–water partition coefficient (Wildman–Crippen LogP) is 2.10. The molecule has 4 amide bonds. The maximum absolute atomic E-state index is 13.8. The van der Waals surface area contributed by atoms with E-state index in [1.54, 1.807) is 30.3 Å². The van der Waals surface area contributed by atoms with Crippen LogP contribution in [0.4, 0.5) is 11.4 Å². The number of nitrogens with zero attached hydrogens (tertiary/aromatic N) is 3. The fourth-order valence-electron chi connectivity index (χ4n) is 5.30. The molecule has 0 bridgehead atoms. The SMILES string of the molecule is NC(N)=NCCCC(NC(=O)C(Cc1ccccc1)NC(=O)C1CCCN1C(=O)c1ccccc1)C(=O)Nc1ccc([N+](=O)[O-])cc1. The molecule has 47 heavy (non-hydrogen) atoms. The number of carbonyl (C=O) groups excluding carboxylic acids is 4. The van der Waals surface area contributed by atoms with Crippen molar-refractivity contribution < 1.29 is 24.1 Å². The summed E-state index contributed by atoms with van der Waals surface area (Å²) < 4.78 is 0. The predicted molar refractivity (Wildman–Crippen MR) is 176 cm³/mol. The third kappa shape index (κ3) is 9.85. The van der Waals surface area contributed by atoms with E-state index in [9.17, 15) is 29.3 Å². The van der Waals surface area contributed by atoms with Gasteiger partial charge in [0.25, 0.3) is 11.6 Å². The third-order valence-corrected chi connectivity index (χ3v) is 7.68. The molecule has 4 rings (SSSR count). The molecule has 246 valence electrons. The number of anilines is 1. The molecule has 0 saturated carbocycles. The van der Waals surface area contributed by atoms with Gasteiger partial charge in [-0.3, -0.25) is 34.3 Å². The molecule has 3 aromatic rings. The van der Waals surface area contributed by atoms with E-state index in [4.69, 9.17) is 11.5 Å². The zero-order chi connectivity index (χ0) is 33.8. The van der Waals surface area contributed by atoms with E-state index in [2.05, 4.69) is 20.9 Å². The first-order valence-electron chi connectivity index (χ1n) is 15.2. The lowest BCUT2D eigenvalue weighted by molar-refractivity contribution is -0.384. The summed E-state index contributed by atoms with van der Waals surface area (Å²) in [6, 6.07) is 20.2. The average molecular weight is 643 g/mol. The van der Waals surface area contributed by atoms with Crippen LogP contribution in [0.25, 0.3) is 0 Å². The molecule has 14 heteroatoms. The lowest BCUT2D eigenvalue weighted by Gasteiger charge is -2.27. The Kier molecular flexibility index (Phi) is 12.0. The third-order valence-electron chi connectivity index (χ3n) is 7.68. The Balaban J connectivity index is 1.52. The number of amides is 4. The maximum Gasteiger partial charge on any atom is 0.269 e. The highest BCUT2D eigenvalue weighted by Gasteiger charge is 2.37. The summed E-state index contributed by atoms with van der Waals surface area (Å²) >= 11 is 0. The number of benzene rings is 3. The van der Waals surface area contributed by atoms with Crippen molar-refractivity contribution in [3.05, 3.63) is 106 Å². The molecule has 0 spiro atoms. The Morgan fingerprint density at radius 1 is 0.894 bits per heavy atom. The number of aliphatic imine (C=N–C) groups is 1. The summed E-state index contributed by atoms with van der Waals surface area (Å²) in [6.07, 6.45) is 1.69. The Hall–Kier alpha value is -5.79. The van der Waals surface area contributed by atoms with E-state index in [1.165, 1.54) is 29.2 Å². The van der Waals surface area contributed by atoms with Crippen LogP contribution in [0.5, 0.6) is 0 Å². The number of likely N-dealkylation sites (tertiary alicyclic amines) is 1. The second kappa shape index (κ2) is 16.5. The molecule has 3 unspecified atom stereocenters. The van der Waals surface area contributed by atoms with E-state index < -0.39 is 40.8 Å². The summed E-state index contributed by atoms with van der Waals surface area (Å²) in [5.41, 5.74) is 12.2. The van der Waals surface area contributed by atoms with Gasteiger partial charge in [0.15, 0.2) is 5.96 Å². The summed E-state index contributed by atoms with van der Waals surface area (Å²) in [7, 11) is 0. The van der Waals surface area contributed by atoms with E-state index in [0.29, 0.717) is 37.1 Å². The summed E-state index contributed by atoms with van der Waals surface area (Å²) in [6.45, 7) is 0.610. The fraction of sp³-hybridized carbons (Fsp3) is 0.303. The van der Waals surface area contributed by atoms with Gasteiger partial charge in [-0.05, 0) is 55.5 Å². The molecule has 1 saturated heterocycles. The lowest BCUT2D eigenvalue weighted by atomic mass is 10.0. The van der Waals surface area contributed by atoms with E-state index >= 15 is 0 Å². The molecule has 1 fully saturated rings. The van der Waals surface area contributed by atoms with Crippen molar-refractivity contribution in [3.8, 4) is 0 Å². The number of rotatable bonds is 14. The molecule has 3 aromatic carbocycles. The first kappa shape index (κ1) is 34.1. The van der Waals surface area contributed by atoms with Crippen molar-refractivity contribution in [2.24, 2.45) is 16.5 Å². The second-order valence-corrected chi connectivity index (χ2v) is 11.1. The van der Waals surface area contributed by atoms with Crippen molar-refractivity contribution in [3.63, 3.8) is 0 Å². The smallest absolute Gasteiger partial charge is 0.269 e. The minimum absolute atomic E-state index is 0.113. The number of carbonyl (C=O) groups is 4. The van der Waals surface area contributed by atoms with Gasteiger partial charge in [0, 0.05) is 42.9 Å². The van der Waals surface area contributed by atoms with Crippen LogP contribution in [0.1, 0.15) is 41.6 Å². The largest absolute Gasteiger partial charge is 0.370 e. The molecule has 14 nitrogen and oxygen atoms in total. The van der Waals surface area contributed by atoms with Crippen molar-refractivity contribution in [1.29, 1.82) is 0 Å². The highest BCUT2D eigenvalue weighted by atomic mass is 16.6. The van der Waals surface area contributed by atoms with Gasteiger partial charge in [-0.2, -0.15) is 0 Å². The molecule has 0 aliphatic carbocycles. The standard InChI is InChI=1S/C33H38N8O6/c34-33(35)36-19-7-13-26(29(42)37-24-15-17-25(18-16-24)41(46)47)38-30(43)27(21-22-9-3-1-4-10-22)39-31(44)28-14-8-20-40(28)32(45)23-11-5-2-6-12-23/h1-6,9-12,15-18,26-28H,7-8,13-14,19-21H2,(H,37,42)(H,38,43)(H,39,44)(H4,34,35,36). The van der Waals surface area contributed by atoms with Crippen LogP contribution in [0.15, 0.2) is 89.9 Å². The molecular weight excluding hydrogens is 604 g/mol. The van der Waals surface area contributed by atoms with E-state index in [0.717, 1.165) is 5.56 Å². The van der Waals surface area contributed by atoms with Crippen molar-refractivity contribution >= 4 is 41.0 Å². The van der Waals surface area contributed by atoms with Gasteiger partial charge in [-0.25, -0.2) is 0 Å². The minimum atomic E-state index is -1.08. The maximum atomic E-state index is 13.8. The van der Waals surface area contributed by atoms with E-state index in [-0.39, 0.29) is 36.9 Å². The van der Waals surface area contributed by atoms with Crippen molar-refractivity contribution in [2.75, 3.05) is 18.4 Å². The topological polar surface area (TPSA) is 215 Å². The highest BCUT2D eigenvalue weighted by Crippen LogP contribution is 2.21. The van der Waals surface area contributed by atoms with Gasteiger partial charge < -0.3 is 32.3 Å². The number of hydrogen-bond donors (Lipinski definition) is 5. The monoisotopic (exact) mass is 642 g/mol. The number of nitrogens with two attached hydrogens (primary N) is 2. The Morgan fingerprint density at radius 3 is 2.19 bits per heavy atom. The summed E-state index contributed by atoms with van der Waals surface area (Å²) in [5.74, 6) is -2.03. The first-order chi connectivity index (χ1) is 22.6. The highest BCUT2D eigenvalue weighted by molar-refractivity contribution is 6.00. The average Bonchev–Trinajstić information content (AvgIpc) is 3.57. The Bertz CT molecular complexity index is 1580. The number of hydrogen-bond acceptors (Lipinski definition) is 7. The fourth-order valence-corrected chi connectivity index (χ4v) is 5.30. The summed E-state index contributed by atoms with van der Waals surface area (Å²) in [5, 5.41) is 19.3. The molecular formula is C33H38N8O6. The quantitative estimate of drug-likeness (QED) is 0.0576. The van der Waals surface area contributed by atoms with Gasteiger partial charge in [0.2, 0.25) is 17.7 Å². The van der Waals surface area contributed by atoms with Crippen LogP contribution >= 0.6 is 0 Å². The Morgan fingerprint density at radius 2 is 1.55 bits per heavy atom. The number of nitro benzene ring substituents is 1. The molecule has 0 radical (unpaired) electrons. The zero-order valence-corrected chi connectivity index (χ0v) is 25.7. The lowest BCUT2D eigenvalue weighted by Crippen LogP contribution is -2.56. The zero-order valence-electron chi connectivity index (χ0n) is 25.7. The van der Waals surface area contributed by atoms with Gasteiger partial charge in [-0.15, -0.1) is 0 Å². The number of non-ortho nitro benzene ring substituents is 1. The second-order valence-electron chi connectivity index (χ2n) is 11.1. The molecule has 0 aromatic heterocycles. The van der Waals surface area contributed by atoms with Crippen LogP contribution in [-0.2, 0) is 20.8 Å². The van der Waals surface area contributed by atoms with Crippen LogP contribution < -0.4 is 27.4 Å². The molecule has 7 N–H and O–H groups in total. The minimum Gasteiger partial charge on any atom is -0.370 e. The molecule has 3 atom stereocenters. The van der Waals surface area contributed by atoms with Crippen LogP contribution in [0.2, 0.25) is 0 Å². The number of nitrogens with one attached hydrogen (secondary N) is 3. The summed E-state index contributed by atoms with van der Waals surface area (Å²) in [4.78, 5) is 70.0. The Labute approximate surface area is 271 Å². The first-order valence-corrected chi connectivity index (χ1v) is 15.2. The van der Waals surface area contributed by atoms with Crippen LogP contribution in [-0.4, -0.2) is 70.6 Å². The molecule has 1 aliphatic heterocycles. The van der Waals surface area contributed by atoms with Gasteiger partial charge in [0.1, 0.15) is 18.1 Å². The van der Waals surface area contributed by atoms with Gasteiger partial charge in [0.05, 0.1) is 4.92 Å². The van der Waals surface area contributed by atoms with Crippen molar-refractivity contribution in [2.45, 2.75) is 50.2 Å².